The van der Waals surface area contributed by atoms with E-state index in [-0.39, 0.29) is 10.8 Å². The van der Waals surface area contributed by atoms with Gasteiger partial charge in [0.05, 0.1) is 15.1 Å². The number of anilines is 1. The topological polar surface area (TPSA) is 66.4 Å². The number of amides is 1. The number of nitrogens with one attached hydrogen (secondary N) is 1. The minimum Gasteiger partial charge on any atom is -0.477 e. The summed E-state index contributed by atoms with van der Waals surface area (Å²) in [5, 5.41) is 12.0. The van der Waals surface area contributed by atoms with Gasteiger partial charge in [0.15, 0.2) is 0 Å². The predicted molar refractivity (Wildman–Crippen MR) is 85.4 cm³/mol. The number of carbonyl (C=O) groups is 2. The minimum atomic E-state index is -0.987. The Bertz CT molecular complexity index is 623. The van der Waals surface area contributed by atoms with E-state index in [1.165, 1.54) is 29.2 Å². The molecule has 0 saturated heterocycles. The van der Waals surface area contributed by atoms with Crippen molar-refractivity contribution < 1.29 is 14.7 Å². The first kappa shape index (κ1) is 15.4. The Hall–Kier alpha value is -1.02. The number of hydrogen-bond donors (Lipinski definition) is 2. The number of aromatic carboxylic acids is 1. The molecule has 0 saturated carbocycles. The third-order valence-corrected chi connectivity index (χ3v) is 5.57. The summed E-state index contributed by atoms with van der Waals surface area (Å²) >= 11 is 9.85. The van der Waals surface area contributed by atoms with E-state index in [4.69, 9.17) is 16.7 Å². The maximum atomic E-state index is 11.7. The monoisotopic (exact) mass is 347 g/mol. The molecule has 0 atom stereocenters. The van der Waals surface area contributed by atoms with Gasteiger partial charge in [-0.05, 0) is 24.3 Å². The summed E-state index contributed by atoms with van der Waals surface area (Å²) in [6.07, 6.45) is 0. The SMILES string of the molecule is O=C(CSCc1ccc(Cl)s1)Nc1ccc(C(=O)O)s1. The van der Waals surface area contributed by atoms with Crippen molar-refractivity contribution in [3.05, 3.63) is 38.4 Å². The van der Waals surface area contributed by atoms with Crippen LogP contribution < -0.4 is 5.32 Å². The number of hydrogen-bond acceptors (Lipinski definition) is 5. The molecule has 2 aromatic rings. The van der Waals surface area contributed by atoms with E-state index in [1.54, 1.807) is 6.07 Å². The van der Waals surface area contributed by atoms with Gasteiger partial charge in [0.2, 0.25) is 5.91 Å². The van der Waals surface area contributed by atoms with Crippen LogP contribution in [0.25, 0.3) is 0 Å². The van der Waals surface area contributed by atoms with Crippen molar-refractivity contribution in [1.82, 2.24) is 0 Å². The van der Waals surface area contributed by atoms with E-state index >= 15 is 0 Å². The molecule has 0 radical (unpaired) electrons. The zero-order chi connectivity index (χ0) is 14.5. The second-order valence-corrected chi connectivity index (χ2v) is 7.58. The van der Waals surface area contributed by atoms with Gasteiger partial charge in [-0.2, -0.15) is 0 Å². The number of thioether (sulfide) groups is 1. The van der Waals surface area contributed by atoms with Crippen LogP contribution in [0.3, 0.4) is 0 Å². The Morgan fingerprint density at radius 2 is 2.05 bits per heavy atom. The Morgan fingerprint density at radius 1 is 1.25 bits per heavy atom. The van der Waals surface area contributed by atoms with Gasteiger partial charge in [-0.15, -0.1) is 34.4 Å². The first-order chi connectivity index (χ1) is 9.54. The van der Waals surface area contributed by atoms with Crippen molar-refractivity contribution in [2.24, 2.45) is 0 Å². The maximum absolute atomic E-state index is 11.7. The highest BCUT2D eigenvalue weighted by Gasteiger charge is 2.09. The number of thiophene rings is 2. The van der Waals surface area contributed by atoms with Crippen LogP contribution in [0, 0.1) is 0 Å². The van der Waals surface area contributed by atoms with Crippen LogP contribution in [0.4, 0.5) is 5.00 Å². The normalized spacial score (nSPS) is 10.4. The average Bonchev–Trinajstić information content (AvgIpc) is 2.99. The summed E-state index contributed by atoms with van der Waals surface area (Å²) in [5.41, 5.74) is 0. The van der Waals surface area contributed by atoms with Crippen molar-refractivity contribution in [2.45, 2.75) is 5.75 Å². The van der Waals surface area contributed by atoms with Crippen LogP contribution in [-0.4, -0.2) is 22.7 Å². The second-order valence-electron chi connectivity index (χ2n) is 3.72. The standard InChI is InChI=1S/C12H10ClNO3S3/c13-9-3-1-7(19-9)5-18-6-10(15)14-11-4-2-8(20-11)12(16)17/h1-4H,5-6H2,(H,14,15)(H,16,17). The number of rotatable bonds is 6. The van der Waals surface area contributed by atoms with Gasteiger partial charge >= 0.3 is 5.97 Å². The Balaban J connectivity index is 1.76. The summed E-state index contributed by atoms with van der Waals surface area (Å²) in [5.74, 6) is -0.0817. The molecule has 0 unspecified atom stereocenters. The zero-order valence-electron chi connectivity index (χ0n) is 10.1. The molecule has 20 heavy (non-hydrogen) atoms. The van der Waals surface area contributed by atoms with Crippen molar-refractivity contribution in [2.75, 3.05) is 11.1 Å². The van der Waals surface area contributed by atoms with E-state index < -0.39 is 5.97 Å². The van der Waals surface area contributed by atoms with Crippen LogP contribution in [-0.2, 0) is 10.5 Å². The summed E-state index contributed by atoms with van der Waals surface area (Å²) in [6, 6.07) is 6.84. The lowest BCUT2D eigenvalue weighted by molar-refractivity contribution is -0.113. The number of carboxylic acid groups (broad SMARTS) is 1. The second kappa shape index (κ2) is 7.12. The van der Waals surface area contributed by atoms with Crippen LogP contribution in [0.2, 0.25) is 4.34 Å². The Morgan fingerprint density at radius 3 is 2.65 bits per heavy atom. The third kappa shape index (κ3) is 4.52. The van der Waals surface area contributed by atoms with Gasteiger partial charge in [-0.1, -0.05) is 11.6 Å². The highest BCUT2D eigenvalue weighted by atomic mass is 35.5. The number of carboxylic acids is 1. The first-order valence-electron chi connectivity index (χ1n) is 5.49. The summed E-state index contributed by atoms with van der Waals surface area (Å²) in [7, 11) is 0. The fourth-order valence-corrected chi connectivity index (χ4v) is 4.15. The maximum Gasteiger partial charge on any atom is 0.345 e. The summed E-state index contributed by atoms with van der Waals surface area (Å²) < 4.78 is 0.741. The Kier molecular flexibility index (Phi) is 5.47. The fourth-order valence-electron chi connectivity index (χ4n) is 1.37. The molecule has 2 heterocycles. The quantitative estimate of drug-likeness (QED) is 0.827. The van der Waals surface area contributed by atoms with Crippen LogP contribution >= 0.6 is 46.0 Å². The molecule has 0 fully saturated rings. The molecule has 2 N–H and O–H groups in total. The van der Waals surface area contributed by atoms with Gasteiger partial charge < -0.3 is 10.4 Å². The molecule has 0 aliphatic heterocycles. The molecular formula is C12H10ClNO3S3. The fraction of sp³-hybridized carbons (Fsp3) is 0.167. The van der Waals surface area contributed by atoms with Crippen molar-refractivity contribution in [3.63, 3.8) is 0 Å². The minimum absolute atomic E-state index is 0.142. The zero-order valence-corrected chi connectivity index (χ0v) is 13.3. The lowest BCUT2D eigenvalue weighted by Crippen LogP contribution is -2.13. The molecule has 1 amide bonds. The molecule has 0 spiro atoms. The van der Waals surface area contributed by atoms with Gasteiger partial charge in [-0.3, -0.25) is 4.79 Å². The predicted octanol–water partition coefficient (Wildman–Crippen LogP) is 4.03. The van der Waals surface area contributed by atoms with Crippen LogP contribution in [0.1, 0.15) is 14.5 Å². The average molecular weight is 348 g/mol. The van der Waals surface area contributed by atoms with Gasteiger partial charge in [0.1, 0.15) is 4.88 Å². The first-order valence-corrected chi connectivity index (χ1v) is 8.66. The van der Waals surface area contributed by atoms with Crippen LogP contribution in [0.15, 0.2) is 24.3 Å². The largest absolute Gasteiger partial charge is 0.477 e. The summed E-state index contributed by atoms with van der Waals surface area (Å²) in [4.78, 5) is 23.7. The Labute approximate surface area is 132 Å². The van der Waals surface area contributed by atoms with Gasteiger partial charge in [-0.25, -0.2) is 4.79 Å². The third-order valence-electron chi connectivity index (χ3n) is 2.19. The molecule has 2 rings (SSSR count). The molecule has 0 bridgehead atoms. The molecule has 2 aromatic heterocycles. The molecule has 106 valence electrons. The molecule has 0 aromatic carbocycles. The van der Waals surface area contributed by atoms with E-state index in [1.807, 2.05) is 12.1 Å². The van der Waals surface area contributed by atoms with Gasteiger partial charge in [0.25, 0.3) is 0 Å². The molecular weight excluding hydrogens is 338 g/mol. The molecule has 0 aliphatic carbocycles. The number of carbonyl (C=O) groups excluding carboxylic acids is 1. The van der Waals surface area contributed by atoms with Gasteiger partial charge in [0, 0.05) is 10.6 Å². The highest BCUT2D eigenvalue weighted by molar-refractivity contribution is 7.99. The van der Waals surface area contributed by atoms with E-state index in [0.717, 1.165) is 26.3 Å². The molecule has 8 heteroatoms. The smallest absolute Gasteiger partial charge is 0.345 e. The van der Waals surface area contributed by atoms with E-state index in [9.17, 15) is 9.59 Å². The van der Waals surface area contributed by atoms with Crippen LogP contribution in [0.5, 0.6) is 0 Å². The lowest BCUT2D eigenvalue weighted by atomic mass is 10.5. The van der Waals surface area contributed by atoms with Crippen molar-refractivity contribution >= 4 is 62.9 Å². The molecule has 0 aliphatic rings. The van der Waals surface area contributed by atoms with E-state index in [2.05, 4.69) is 5.32 Å². The summed E-state index contributed by atoms with van der Waals surface area (Å²) in [6.45, 7) is 0. The van der Waals surface area contributed by atoms with Crippen molar-refractivity contribution in [1.29, 1.82) is 0 Å². The molecule has 4 nitrogen and oxygen atoms in total. The van der Waals surface area contributed by atoms with E-state index in [0.29, 0.717) is 10.8 Å². The highest BCUT2D eigenvalue weighted by Crippen LogP contribution is 2.25. The number of halogens is 1. The lowest BCUT2D eigenvalue weighted by Gasteiger charge is -2.01. The van der Waals surface area contributed by atoms with Crippen molar-refractivity contribution in [3.8, 4) is 0 Å².